The van der Waals surface area contributed by atoms with Crippen LogP contribution in [0.15, 0.2) is 30.6 Å². The van der Waals surface area contributed by atoms with Gasteiger partial charge in [-0.2, -0.15) is 0 Å². The Kier molecular flexibility index (Phi) is 3.43. The molecule has 0 atom stereocenters. The molecule has 18 heavy (non-hydrogen) atoms. The maximum atomic E-state index is 11.8. The molecule has 0 saturated heterocycles. The molecule has 0 aliphatic heterocycles. The molecule has 1 N–H and O–H groups in total. The lowest BCUT2D eigenvalue weighted by Gasteiger charge is -2.17. The second-order valence-electron chi connectivity index (χ2n) is 5.01. The Bertz CT molecular complexity index is 526. The summed E-state index contributed by atoms with van der Waals surface area (Å²) in [6.45, 7) is 5.61. The zero-order chi connectivity index (χ0) is 13.2. The van der Waals surface area contributed by atoms with E-state index < -0.39 is 5.41 Å². The largest absolute Gasteiger partial charge is 0.310 e. The molecule has 0 spiro atoms. The molecule has 4 nitrogen and oxygen atoms in total. The minimum atomic E-state index is -0.419. The lowest BCUT2D eigenvalue weighted by Crippen LogP contribution is -2.27. The van der Waals surface area contributed by atoms with Crippen LogP contribution in [0.25, 0.3) is 10.4 Å². The van der Waals surface area contributed by atoms with E-state index in [0.717, 1.165) is 10.4 Å². The first-order valence-electron chi connectivity index (χ1n) is 5.65. The van der Waals surface area contributed by atoms with E-state index in [4.69, 9.17) is 0 Å². The number of anilines is 1. The van der Waals surface area contributed by atoms with Crippen LogP contribution in [0.2, 0.25) is 0 Å². The predicted octanol–water partition coefficient (Wildman–Crippen LogP) is 3.19. The fourth-order valence-corrected chi connectivity index (χ4v) is 1.87. The molecule has 0 saturated carbocycles. The molecule has 2 aromatic heterocycles. The summed E-state index contributed by atoms with van der Waals surface area (Å²) in [6.07, 6.45) is 3.50. The van der Waals surface area contributed by atoms with Crippen molar-refractivity contribution in [1.82, 2.24) is 9.36 Å². The van der Waals surface area contributed by atoms with Crippen LogP contribution in [0.5, 0.6) is 0 Å². The van der Waals surface area contributed by atoms with Crippen molar-refractivity contribution in [2.75, 3.05) is 5.32 Å². The Morgan fingerprint density at radius 2 is 2.06 bits per heavy atom. The minimum Gasteiger partial charge on any atom is -0.310 e. The van der Waals surface area contributed by atoms with Crippen LogP contribution in [0.1, 0.15) is 20.8 Å². The van der Waals surface area contributed by atoms with Gasteiger partial charge in [0.15, 0.2) is 0 Å². The van der Waals surface area contributed by atoms with Crippen molar-refractivity contribution >= 4 is 23.3 Å². The highest BCUT2D eigenvalue weighted by Crippen LogP contribution is 2.23. The summed E-state index contributed by atoms with van der Waals surface area (Å²) >= 11 is 1.42. The van der Waals surface area contributed by atoms with Gasteiger partial charge >= 0.3 is 0 Å². The van der Waals surface area contributed by atoms with Crippen LogP contribution in [0, 0.1) is 5.41 Å². The highest BCUT2D eigenvalue weighted by Gasteiger charge is 2.21. The van der Waals surface area contributed by atoms with Gasteiger partial charge in [-0.15, -0.1) is 0 Å². The zero-order valence-electron chi connectivity index (χ0n) is 10.6. The molecule has 1 amide bonds. The Hall–Kier alpha value is -1.75. The third-order valence-corrected chi connectivity index (χ3v) is 3.20. The average Bonchev–Trinajstić information content (AvgIpc) is 2.82. The van der Waals surface area contributed by atoms with Crippen molar-refractivity contribution in [2.45, 2.75) is 20.8 Å². The molecular formula is C13H15N3OS. The summed E-state index contributed by atoms with van der Waals surface area (Å²) in [6, 6.07) is 5.67. The van der Waals surface area contributed by atoms with Crippen LogP contribution in [-0.2, 0) is 4.79 Å². The number of nitrogens with zero attached hydrogens (tertiary/aromatic N) is 2. The van der Waals surface area contributed by atoms with E-state index in [-0.39, 0.29) is 5.91 Å². The number of hydrogen-bond acceptors (Lipinski definition) is 4. The van der Waals surface area contributed by atoms with Gasteiger partial charge < -0.3 is 5.32 Å². The second-order valence-corrected chi connectivity index (χ2v) is 5.85. The van der Waals surface area contributed by atoms with Gasteiger partial charge in [-0.05, 0) is 29.7 Å². The number of pyridine rings is 1. The van der Waals surface area contributed by atoms with Gasteiger partial charge in [0.05, 0.1) is 4.88 Å². The van der Waals surface area contributed by atoms with E-state index in [1.54, 1.807) is 18.5 Å². The first-order chi connectivity index (χ1) is 8.47. The van der Waals surface area contributed by atoms with Crippen molar-refractivity contribution in [3.05, 3.63) is 30.6 Å². The Morgan fingerprint density at radius 1 is 1.28 bits per heavy atom. The van der Waals surface area contributed by atoms with Crippen molar-refractivity contribution < 1.29 is 4.79 Å². The standard InChI is InChI=1S/C13H15N3OS/c1-13(2,3)12(17)16-11-5-4-9(8-14-11)10-6-7-15-18-10/h4-8H,1-3H3,(H,14,16,17). The molecule has 0 aliphatic rings. The van der Waals surface area contributed by atoms with Gasteiger partial charge in [0.1, 0.15) is 5.82 Å². The van der Waals surface area contributed by atoms with E-state index in [9.17, 15) is 4.79 Å². The Labute approximate surface area is 110 Å². The molecule has 0 aromatic carbocycles. The molecule has 2 aromatic rings. The Balaban J connectivity index is 2.12. The first kappa shape index (κ1) is 12.7. The molecule has 0 fully saturated rings. The lowest BCUT2D eigenvalue weighted by molar-refractivity contribution is -0.123. The molecule has 2 rings (SSSR count). The monoisotopic (exact) mass is 261 g/mol. The Morgan fingerprint density at radius 3 is 2.56 bits per heavy atom. The summed E-state index contributed by atoms with van der Waals surface area (Å²) in [5.41, 5.74) is 0.587. The smallest absolute Gasteiger partial charge is 0.230 e. The zero-order valence-corrected chi connectivity index (χ0v) is 11.4. The third-order valence-electron chi connectivity index (χ3n) is 2.41. The van der Waals surface area contributed by atoms with Crippen LogP contribution in [-0.4, -0.2) is 15.3 Å². The summed E-state index contributed by atoms with van der Waals surface area (Å²) in [5, 5.41) is 2.79. The topological polar surface area (TPSA) is 54.9 Å². The molecule has 2 heterocycles. The number of carbonyl (C=O) groups excluding carboxylic acids is 1. The molecule has 0 radical (unpaired) electrons. The summed E-state index contributed by atoms with van der Waals surface area (Å²) in [5.74, 6) is 0.531. The van der Waals surface area contributed by atoms with Gasteiger partial charge in [-0.3, -0.25) is 4.79 Å². The van der Waals surface area contributed by atoms with Gasteiger partial charge in [0, 0.05) is 23.4 Å². The summed E-state index contributed by atoms with van der Waals surface area (Å²) < 4.78 is 4.05. The SMILES string of the molecule is CC(C)(C)C(=O)Nc1ccc(-c2ccns2)cn1. The molecule has 0 aliphatic carbocycles. The number of aromatic nitrogens is 2. The minimum absolute atomic E-state index is 0.0412. The van der Waals surface area contributed by atoms with E-state index in [1.807, 2.05) is 32.9 Å². The van der Waals surface area contributed by atoms with Gasteiger partial charge in [-0.1, -0.05) is 20.8 Å². The van der Waals surface area contributed by atoms with E-state index >= 15 is 0 Å². The molecule has 5 heteroatoms. The molecular weight excluding hydrogens is 246 g/mol. The fraction of sp³-hybridized carbons (Fsp3) is 0.308. The quantitative estimate of drug-likeness (QED) is 0.903. The van der Waals surface area contributed by atoms with E-state index in [0.29, 0.717) is 5.82 Å². The molecule has 0 unspecified atom stereocenters. The van der Waals surface area contributed by atoms with Crippen LogP contribution in [0.3, 0.4) is 0 Å². The normalized spacial score (nSPS) is 11.3. The summed E-state index contributed by atoms with van der Waals surface area (Å²) in [4.78, 5) is 17.1. The third kappa shape index (κ3) is 2.92. The van der Waals surface area contributed by atoms with E-state index in [2.05, 4.69) is 14.7 Å². The number of carbonyl (C=O) groups is 1. The van der Waals surface area contributed by atoms with Crippen molar-refractivity contribution in [3.8, 4) is 10.4 Å². The maximum absolute atomic E-state index is 11.8. The molecule has 0 bridgehead atoms. The van der Waals surface area contributed by atoms with Crippen LogP contribution in [0.4, 0.5) is 5.82 Å². The first-order valence-corrected chi connectivity index (χ1v) is 6.43. The van der Waals surface area contributed by atoms with Gasteiger partial charge in [0.2, 0.25) is 5.91 Å². The summed E-state index contributed by atoms with van der Waals surface area (Å²) in [7, 11) is 0. The van der Waals surface area contributed by atoms with Crippen molar-refractivity contribution in [3.63, 3.8) is 0 Å². The average molecular weight is 261 g/mol. The van der Waals surface area contributed by atoms with Crippen molar-refractivity contribution in [2.24, 2.45) is 5.41 Å². The molecule has 94 valence electrons. The highest BCUT2D eigenvalue weighted by atomic mass is 32.1. The number of rotatable bonds is 2. The second kappa shape index (κ2) is 4.86. The fourth-order valence-electron chi connectivity index (χ4n) is 1.28. The van der Waals surface area contributed by atoms with Crippen LogP contribution < -0.4 is 5.32 Å². The number of hydrogen-bond donors (Lipinski definition) is 1. The lowest BCUT2D eigenvalue weighted by atomic mass is 9.96. The van der Waals surface area contributed by atoms with Gasteiger partial charge in [0.25, 0.3) is 0 Å². The van der Waals surface area contributed by atoms with Crippen molar-refractivity contribution in [1.29, 1.82) is 0 Å². The number of amides is 1. The maximum Gasteiger partial charge on any atom is 0.230 e. The highest BCUT2D eigenvalue weighted by molar-refractivity contribution is 7.09. The number of nitrogens with one attached hydrogen (secondary N) is 1. The van der Waals surface area contributed by atoms with Crippen LogP contribution >= 0.6 is 11.5 Å². The predicted molar refractivity (Wildman–Crippen MR) is 73.4 cm³/mol. The van der Waals surface area contributed by atoms with Gasteiger partial charge in [-0.25, -0.2) is 9.36 Å². The van der Waals surface area contributed by atoms with E-state index in [1.165, 1.54) is 11.5 Å².